The second-order valence-corrected chi connectivity index (χ2v) is 5.81. The maximum Gasteiger partial charge on any atom is 0.138 e. The molecule has 1 aliphatic heterocycles. The van der Waals surface area contributed by atoms with Crippen molar-refractivity contribution in [2.45, 2.75) is 6.10 Å². The van der Waals surface area contributed by atoms with E-state index in [-0.39, 0.29) is 11.6 Å². The molecule has 0 aromatic heterocycles. The number of rotatable bonds is 4. The summed E-state index contributed by atoms with van der Waals surface area (Å²) in [6.45, 7) is 3.47. The van der Waals surface area contributed by atoms with E-state index in [9.17, 15) is 14.6 Å². The number of phenolic OH excluding ortho intramolecular Hbond substituents is 1. The van der Waals surface area contributed by atoms with Crippen LogP contribution in [-0.2, 0) is 0 Å². The zero-order valence-electron chi connectivity index (χ0n) is 12.9. The molecule has 23 heavy (non-hydrogen) atoms. The summed E-state index contributed by atoms with van der Waals surface area (Å²) in [5, 5.41) is 20.2. The number of hydrogen-bond acceptors (Lipinski definition) is 4. The Morgan fingerprint density at radius 2 is 1.61 bits per heavy atom. The lowest BCUT2D eigenvalue weighted by Gasteiger charge is -2.37. The standard InChI is InChI=1S/C18H21FN2O2/c19-15-6-2-1-5-14(15)18(23)13-20-9-11-21(12-10-20)16-7-3-4-8-17(16)22/h1-8,18,22-23H,9-13H2. The predicted molar refractivity (Wildman–Crippen MR) is 88.1 cm³/mol. The molecule has 122 valence electrons. The molecule has 1 aliphatic rings. The first-order valence-electron chi connectivity index (χ1n) is 7.83. The first-order valence-corrected chi connectivity index (χ1v) is 7.83. The Balaban J connectivity index is 1.57. The molecular weight excluding hydrogens is 295 g/mol. The van der Waals surface area contributed by atoms with Crippen LogP contribution in [0.4, 0.5) is 10.1 Å². The molecule has 2 N–H and O–H groups in total. The fourth-order valence-corrected chi connectivity index (χ4v) is 2.99. The minimum Gasteiger partial charge on any atom is -0.506 e. The van der Waals surface area contributed by atoms with E-state index in [1.807, 2.05) is 12.1 Å². The minimum absolute atomic E-state index is 0.285. The van der Waals surface area contributed by atoms with Crippen LogP contribution in [0.3, 0.4) is 0 Å². The molecule has 1 saturated heterocycles. The van der Waals surface area contributed by atoms with Gasteiger partial charge in [-0.3, -0.25) is 4.90 Å². The molecule has 4 nitrogen and oxygen atoms in total. The second kappa shape index (κ2) is 6.98. The van der Waals surface area contributed by atoms with Crippen molar-refractivity contribution in [1.82, 2.24) is 4.90 Å². The summed E-state index contributed by atoms with van der Waals surface area (Å²) in [5.74, 6) is -0.0832. The zero-order chi connectivity index (χ0) is 16.2. The summed E-state index contributed by atoms with van der Waals surface area (Å²) < 4.78 is 13.7. The van der Waals surface area contributed by atoms with Crippen LogP contribution < -0.4 is 4.90 Å². The van der Waals surface area contributed by atoms with Gasteiger partial charge in [0.1, 0.15) is 11.6 Å². The quantitative estimate of drug-likeness (QED) is 0.909. The summed E-state index contributed by atoms with van der Waals surface area (Å²) in [6.07, 6.45) is -0.826. The maximum absolute atomic E-state index is 13.7. The molecule has 3 rings (SSSR count). The zero-order valence-corrected chi connectivity index (χ0v) is 12.9. The average Bonchev–Trinajstić information content (AvgIpc) is 2.56. The van der Waals surface area contributed by atoms with Crippen LogP contribution in [0.15, 0.2) is 48.5 Å². The number of benzene rings is 2. The molecule has 1 heterocycles. The second-order valence-electron chi connectivity index (χ2n) is 5.81. The van der Waals surface area contributed by atoms with Gasteiger partial charge < -0.3 is 15.1 Å². The van der Waals surface area contributed by atoms with Crippen LogP contribution in [0.2, 0.25) is 0 Å². The number of β-amino-alcohol motifs (C(OH)–C–C–N with tert-alkyl or cyclic N) is 1. The number of piperazine rings is 1. The molecule has 0 bridgehead atoms. The molecule has 0 saturated carbocycles. The number of nitrogens with zero attached hydrogens (tertiary/aromatic N) is 2. The first-order chi connectivity index (χ1) is 11.1. The Labute approximate surface area is 135 Å². The predicted octanol–water partition coefficient (Wildman–Crippen LogP) is 2.39. The maximum atomic E-state index is 13.7. The van der Waals surface area contributed by atoms with Crippen LogP contribution in [0, 0.1) is 5.82 Å². The van der Waals surface area contributed by atoms with Crippen molar-refractivity contribution in [1.29, 1.82) is 0 Å². The molecule has 2 aromatic rings. The Bertz CT molecular complexity index is 657. The topological polar surface area (TPSA) is 46.9 Å². The van der Waals surface area contributed by atoms with Crippen LogP contribution >= 0.6 is 0 Å². The number of aromatic hydroxyl groups is 1. The van der Waals surface area contributed by atoms with Crippen LogP contribution in [0.1, 0.15) is 11.7 Å². The highest BCUT2D eigenvalue weighted by molar-refractivity contribution is 5.57. The van der Waals surface area contributed by atoms with Gasteiger partial charge in [0.2, 0.25) is 0 Å². The summed E-state index contributed by atoms with van der Waals surface area (Å²) in [4.78, 5) is 4.24. The minimum atomic E-state index is -0.826. The van der Waals surface area contributed by atoms with E-state index in [4.69, 9.17) is 0 Å². The van der Waals surface area contributed by atoms with Gasteiger partial charge >= 0.3 is 0 Å². The number of para-hydroxylation sites is 2. The number of hydrogen-bond donors (Lipinski definition) is 2. The van der Waals surface area contributed by atoms with Crippen molar-refractivity contribution < 1.29 is 14.6 Å². The van der Waals surface area contributed by atoms with Gasteiger partial charge in [-0.2, -0.15) is 0 Å². The normalized spacial score (nSPS) is 17.2. The van der Waals surface area contributed by atoms with E-state index in [1.54, 1.807) is 30.3 Å². The number of halogens is 1. The average molecular weight is 316 g/mol. The fraction of sp³-hybridized carbons (Fsp3) is 0.333. The number of phenols is 1. The van der Waals surface area contributed by atoms with Gasteiger partial charge in [0.25, 0.3) is 0 Å². The summed E-state index contributed by atoms with van der Waals surface area (Å²) in [6, 6.07) is 13.6. The molecule has 5 heteroatoms. The van der Waals surface area contributed by atoms with E-state index in [1.165, 1.54) is 6.07 Å². The molecule has 0 spiro atoms. The van der Waals surface area contributed by atoms with E-state index < -0.39 is 6.10 Å². The van der Waals surface area contributed by atoms with E-state index in [2.05, 4.69) is 9.80 Å². The van der Waals surface area contributed by atoms with Gasteiger partial charge in [0, 0.05) is 38.3 Å². The summed E-state index contributed by atoms with van der Waals surface area (Å²) in [5.41, 5.74) is 1.18. The Kier molecular flexibility index (Phi) is 4.79. The van der Waals surface area contributed by atoms with Gasteiger partial charge in [-0.1, -0.05) is 30.3 Å². The number of aliphatic hydroxyl groups is 1. The van der Waals surface area contributed by atoms with Crippen molar-refractivity contribution in [3.8, 4) is 5.75 Å². The van der Waals surface area contributed by atoms with Gasteiger partial charge in [-0.15, -0.1) is 0 Å². The lowest BCUT2D eigenvalue weighted by atomic mass is 10.1. The monoisotopic (exact) mass is 316 g/mol. The van der Waals surface area contributed by atoms with Gasteiger partial charge in [0.15, 0.2) is 0 Å². The number of aliphatic hydroxyl groups excluding tert-OH is 1. The number of anilines is 1. The first kappa shape index (κ1) is 15.8. The molecule has 1 fully saturated rings. The van der Waals surface area contributed by atoms with E-state index in [0.717, 1.165) is 31.9 Å². The lowest BCUT2D eigenvalue weighted by Crippen LogP contribution is -2.47. The van der Waals surface area contributed by atoms with Crippen molar-refractivity contribution >= 4 is 5.69 Å². The van der Waals surface area contributed by atoms with E-state index >= 15 is 0 Å². The molecule has 0 radical (unpaired) electrons. The molecule has 0 aliphatic carbocycles. The van der Waals surface area contributed by atoms with E-state index in [0.29, 0.717) is 12.1 Å². The molecular formula is C18H21FN2O2. The SMILES string of the molecule is Oc1ccccc1N1CCN(CC(O)c2ccccc2F)CC1. The highest BCUT2D eigenvalue weighted by atomic mass is 19.1. The summed E-state index contributed by atoms with van der Waals surface area (Å²) >= 11 is 0. The fourth-order valence-electron chi connectivity index (χ4n) is 2.99. The van der Waals surface area contributed by atoms with Crippen molar-refractivity contribution in [3.05, 3.63) is 59.9 Å². The van der Waals surface area contributed by atoms with Crippen LogP contribution in [0.25, 0.3) is 0 Å². The Hall–Kier alpha value is -2.11. The molecule has 2 aromatic carbocycles. The smallest absolute Gasteiger partial charge is 0.138 e. The largest absolute Gasteiger partial charge is 0.506 e. The molecule has 1 atom stereocenters. The van der Waals surface area contributed by atoms with Crippen LogP contribution in [-0.4, -0.2) is 47.8 Å². The Morgan fingerprint density at radius 1 is 0.957 bits per heavy atom. The van der Waals surface area contributed by atoms with Crippen molar-refractivity contribution in [3.63, 3.8) is 0 Å². The molecule has 1 unspecified atom stereocenters. The van der Waals surface area contributed by atoms with Gasteiger partial charge in [-0.05, 0) is 18.2 Å². The van der Waals surface area contributed by atoms with Crippen LogP contribution in [0.5, 0.6) is 5.75 Å². The third-order valence-electron chi connectivity index (χ3n) is 4.29. The Morgan fingerprint density at radius 3 is 2.30 bits per heavy atom. The third-order valence-corrected chi connectivity index (χ3v) is 4.29. The van der Waals surface area contributed by atoms with Crippen molar-refractivity contribution in [2.75, 3.05) is 37.6 Å². The third kappa shape index (κ3) is 3.63. The summed E-state index contributed by atoms with van der Waals surface area (Å²) in [7, 11) is 0. The lowest BCUT2D eigenvalue weighted by molar-refractivity contribution is 0.106. The highest BCUT2D eigenvalue weighted by Crippen LogP contribution is 2.27. The highest BCUT2D eigenvalue weighted by Gasteiger charge is 2.22. The van der Waals surface area contributed by atoms with Gasteiger partial charge in [-0.25, -0.2) is 4.39 Å². The van der Waals surface area contributed by atoms with Gasteiger partial charge in [0.05, 0.1) is 11.8 Å². The van der Waals surface area contributed by atoms with Crippen molar-refractivity contribution in [2.24, 2.45) is 0 Å². The molecule has 0 amide bonds.